The number of carbonyl (C=O) groups is 3. The number of ether oxygens (including phenoxy) is 2. The molecule has 0 heterocycles. The van der Waals surface area contributed by atoms with Crippen molar-refractivity contribution in [1.82, 2.24) is 5.32 Å². The second kappa shape index (κ2) is 7.43. The van der Waals surface area contributed by atoms with E-state index >= 15 is 0 Å². The molecule has 0 radical (unpaired) electrons. The number of nitrogens with one attached hydrogen (secondary N) is 1. The lowest BCUT2D eigenvalue weighted by atomic mass is 10.1. The molecule has 0 aliphatic rings. The second-order valence-electron chi connectivity index (χ2n) is 6.92. The van der Waals surface area contributed by atoms with Gasteiger partial charge in [0.15, 0.2) is 5.78 Å². The van der Waals surface area contributed by atoms with Crippen LogP contribution in [0.2, 0.25) is 0 Å². The molecule has 1 atom stereocenters. The van der Waals surface area contributed by atoms with Gasteiger partial charge in [0, 0.05) is 6.42 Å². The lowest BCUT2D eigenvalue weighted by Gasteiger charge is -2.22. The van der Waals surface area contributed by atoms with E-state index in [4.69, 9.17) is 9.47 Å². The van der Waals surface area contributed by atoms with E-state index in [9.17, 15) is 14.4 Å². The minimum Gasteiger partial charge on any atom is -0.460 e. The van der Waals surface area contributed by atoms with Gasteiger partial charge in [-0.25, -0.2) is 4.79 Å². The Morgan fingerprint density at radius 3 is 1.81 bits per heavy atom. The second-order valence-corrected chi connectivity index (χ2v) is 6.92. The predicted octanol–water partition coefficient (Wildman–Crippen LogP) is 2.59. The molecule has 1 N–H and O–H groups in total. The Hall–Kier alpha value is -1.59. The Morgan fingerprint density at radius 2 is 1.38 bits per heavy atom. The fraction of sp³-hybridized carbons (Fsp3) is 0.800. The fourth-order valence-electron chi connectivity index (χ4n) is 1.40. The molecule has 0 aromatic rings. The summed E-state index contributed by atoms with van der Waals surface area (Å²) >= 11 is 0. The van der Waals surface area contributed by atoms with Crippen LogP contribution in [0.4, 0.5) is 4.79 Å². The van der Waals surface area contributed by atoms with Crippen molar-refractivity contribution in [3.63, 3.8) is 0 Å². The molecule has 1 amide bonds. The minimum absolute atomic E-state index is 0.00353. The molecular weight excluding hydrogens is 274 g/mol. The molecule has 0 unspecified atom stereocenters. The quantitative estimate of drug-likeness (QED) is 0.789. The first-order valence-electron chi connectivity index (χ1n) is 7.04. The van der Waals surface area contributed by atoms with Gasteiger partial charge in [-0.1, -0.05) is 0 Å². The zero-order valence-corrected chi connectivity index (χ0v) is 14.0. The first-order valence-corrected chi connectivity index (χ1v) is 7.04. The number of amides is 1. The maximum absolute atomic E-state index is 11.8. The number of alkyl carbamates (subject to hydrolysis) is 1. The summed E-state index contributed by atoms with van der Waals surface area (Å²) in [5.74, 6) is -0.674. The summed E-state index contributed by atoms with van der Waals surface area (Å²) in [6.07, 6.45) is -0.636. The molecule has 0 saturated carbocycles. The Bertz CT molecular complexity index is 390. The van der Waals surface area contributed by atoms with Gasteiger partial charge in [-0.3, -0.25) is 9.59 Å². The van der Waals surface area contributed by atoms with Crippen molar-refractivity contribution in [2.24, 2.45) is 0 Å². The summed E-state index contributed by atoms with van der Waals surface area (Å²) in [5, 5.41) is 2.45. The van der Waals surface area contributed by atoms with E-state index in [-0.39, 0.29) is 18.6 Å². The van der Waals surface area contributed by atoms with Crippen LogP contribution >= 0.6 is 0 Å². The number of Topliss-reactive ketones (excluding diaryl/α,β-unsaturated/α-hetero) is 1. The number of rotatable bonds is 5. The van der Waals surface area contributed by atoms with Gasteiger partial charge in [-0.05, 0) is 48.5 Å². The van der Waals surface area contributed by atoms with Crippen LogP contribution in [0, 0.1) is 0 Å². The molecule has 0 saturated heterocycles. The maximum Gasteiger partial charge on any atom is 0.408 e. The van der Waals surface area contributed by atoms with Gasteiger partial charge in [0.25, 0.3) is 0 Å². The van der Waals surface area contributed by atoms with Gasteiger partial charge in [-0.2, -0.15) is 0 Å². The Labute approximate surface area is 126 Å². The van der Waals surface area contributed by atoms with E-state index in [1.54, 1.807) is 48.5 Å². The number of carbonyl (C=O) groups excluding carboxylic acids is 3. The molecule has 6 nitrogen and oxygen atoms in total. The highest BCUT2D eigenvalue weighted by Gasteiger charge is 2.22. The van der Waals surface area contributed by atoms with Crippen LogP contribution in [0.5, 0.6) is 0 Å². The molecule has 0 aliphatic heterocycles. The summed E-state index contributed by atoms with van der Waals surface area (Å²) < 4.78 is 10.2. The summed E-state index contributed by atoms with van der Waals surface area (Å²) in [4.78, 5) is 34.9. The van der Waals surface area contributed by atoms with Crippen LogP contribution in [0.15, 0.2) is 0 Å². The molecule has 6 heteroatoms. The van der Waals surface area contributed by atoms with Crippen molar-refractivity contribution < 1.29 is 23.9 Å². The van der Waals surface area contributed by atoms with Crippen molar-refractivity contribution in [3.05, 3.63) is 0 Å². The number of hydrogen-bond donors (Lipinski definition) is 1. The van der Waals surface area contributed by atoms with Crippen molar-refractivity contribution >= 4 is 17.8 Å². The Morgan fingerprint density at radius 1 is 0.905 bits per heavy atom. The molecule has 0 rings (SSSR count). The van der Waals surface area contributed by atoms with E-state index < -0.39 is 29.3 Å². The van der Waals surface area contributed by atoms with E-state index in [0.29, 0.717) is 0 Å². The maximum atomic E-state index is 11.8. The minimum atomic E-state index is -0.706. The molecular formula is C15H27NO5. The third-order valence-corrected chi connectivity index (χ3v) is 2.21. The zero-order valence-electron chi connectivity index (χ0n) is 14.0. The fourth-order valence-corrected chi connectivity index (χ4v) is 1.40. The highest BCUT2D eigenvalue weighted by Crippen LogP contribution is 2.10. The van der Waals surface area contributed by atoms with Gasteiger partial charge in [-0.15, -0.1) is 0 Å². The standard InChI is InChI=1S/C15H27NO5/c1-10(16-13(19)21-15(5,6)7)11(17)8-9-12(18)20-14(2,3)4/h10H,8-9H2,1-7H3,(H,16,19)/t10-/m0/s1. The molecule has 0 aromatic carbocycles. The van der Waals surface area contributed by atoms with Crippen LogP contribution in [0.3, 0.4) is 0 Å². The first-order chi connectivity index (χ1) is 9.30. The largest absolute Gasteiger partial charge is 0.460 e. The van der Waals surface area contributed by atoms with Crippen LogP contribution in [-0.4, -0.2) is 35.1 Å². The first kappa shape index (κ1) is 19.4. The lowest BCUT2D eigenvalue weighted by Crippen LogP contribution is -2.41. The van der Waals surface area contributed by atoms with Gasteiger partial charge >= 0.3 is 12.1 Å². The van der Waals surface area contributed by atoms with Gasteiger partial charge in [0.05, 0.1) is 12.5 Å². The van der Waals surface area contributed by atoms with Crippen LogP contribution in [0.1, 0.15) is 61.3 Å². The number of hydrogen-bond acceptors (Lipinski definition) is 5. The lowest BCUT2D eigenvalue weighted by molar-refractivity contribution is -0.155. The smallest absolute Gasteiger partial charge is 0.408 e. The predicted molar refractivity (Wildman–Crippen MR) is 78.9 cm³/mol. The average Bonchev–Trinajstić information content (AvgIpc) is 2.20. The van der Waals surface area contributed by atoms with Gasteiger partial charge in [0.1, 0.15) is 11.2 Å². The number of ketones is 1. The summed E-state index contributed by atoms with van der Waals surface area (Å²) in [5.41, 5.74) is -1.19. The van der Waals surface area contributed by atoms with Crippen molar-refractivity contribution in [1.29, 1.82) is 0 Å². The molecule has 0 fully saturated rings. The molecule has 0 aliphatic carbocycles. The van der Waals surface area contributed by atoms with Gasteiger partial charge < -0.3 is 14.8 Å². The normalized spacial score (nSPS) is 13.3. The molecule has 21 heavy (non-hydrogen) atoms. The molecule has 0 spiro atoms. The summed E-state index contributed by atoms with van der Waals surface area (Å²) in [6, 6.07) is -0.706. The molecule has 0 aromatic heterocycles. The molecule has 0 bridgehead atoms. The summed E-state index contributed by atoms with van der Waals surface area (Å²) in [6.45, 7) is 12.1. The van der Waals surface area contributed by atoms with E-state index in [2.05, 4.69) is 5.32 Å². The Kier molecular flexibility index (Phi) is 6.86. The van der Waals surface area contributed by atoms with Crippen molar-refractivity contribution in [2.45, 2.75) is 78.6 Å². The topological polar surface area (TPSA) is 81.7 Å². The monoisotopic (exact) mass is 301 g/mol. The van der Waals surface area contributed by atoms with Crippen molar-refractivity contribution in [2.75, 3.05) is 0 Å². The third-order valence-electron chi connectivity index (χ3n) is 2.21. The van der Waals surface area contributed by atoms with Crippen molar-refractivity contribution in [3.8, 4) is 0 Å². The highest BCUT2D eigenvalue weighted by molar-refractivity contribution is 5.89. The third kappa shape index (κ3) is 10.8. The average molecular weight is 301 g/mol. The van der Waals surface area contributed by atoms with Crippen LogP contribution < -0.4 is 5.32 Å². The summed E-state index contributed by atoms with van der Waals surface area (Å²) in [7, 11) is 0. The van der Waals surface area contributed by atoms with Gasteiger partial charge in [0.2, 0.25) is 0 Å². The van der Waals surface area contributed by atoms with Crippen LogP contribution in [-0.2, 0) is 19.1 Å². The number of esters is 1. The van der Waals surface area contributed by atoms with E-state index in [1.165, 1.54) is 0 Å². The van der Waals surface area contributed by atoms with Crippen LogP contribution in [0.25, 0.3) is 0 Å². The Balaban J connectivity index is 4.17. The van der Waals surface area contributed by atoms with E-state index in [0.717, 1.165) is 0 Å². The molecule has 122 valence electrons. The SMILES string of the molecule is C[C@H](NC(=O)OC(C)(C)C)C(=O)CCC(=O)OC(C)(C)C. The zero-order chi connectivity index (χ0) is 16.8. The highest BCUT2D eigenvalue weighted by atomic mass is 16.6. The van der Waals surface area contributed by atoms with E-state index in [1.807, 2.05) is 0 Å².